The van der Waals surface area contributed by atoms with E-state index >= 15 is 0 Å². The van der Waals surface area contributed by atoms with E-state index in [1.54, 1.807) is 33.0 Å². The third-order valence-electron chi connectivity index (χ3n) is 5.62. The van der Waals surface area contributed by atoms with Gasteiger partial charge in [-0.05, 0) is 0 Å². The van der Waals surface area contributed by atoms with E-state index in [9.17, 15) is 0 Å². The second kappa shape index (κ2) is 9.89. The Hall–Kier alpha value is 0.0649. The molecule has 0 atom stereocenters. The van der Waals surface area contributed by atoms with Crippen LogP contribution in [0.4, 0.5) is 0 Å². The standard InChI is InChI=1S/C18H35B/c1-2-6-10-14-17(13-9-5-1)19-18-15-11-7-3-4-8-12-16-18/h17-19H,1-16H2. The van der Waals surface area contributed by atoms with Gasteiger partial charge < -0.3 is 0 Å². The molecule has 0 unspecified atom stereocenters. The van der Waals surface area contributed by atoms with Crippen LogP contribution in [-0.4, -0.2) is 7.28 Å². The second-order valence-electron chi connectivity index (χ2n) is 7.37. The van der Waals surface area contributed by atoms with Crippen molar-refractivity contribution in [3.05, 3.63) is 0 Å². The van der Waals surface area contributed by atoms with Crippen LogP contribution in [0, 0.1) is 0 Å². The molecular formula is C18H35B. The first-order valence-electron chi connectivity index (χ1n) is 9.45. The molecule has 110 valence electrons. The Balaban J connectivity index is 1.74. The molecule has 2 aliphatic carbocycles. The van der Waals surface area contributed by atoms with Crippen LogP contribution < -0.4 is 0 Å². The maximum atomic E-state index is 1.58. The first-order valence-corrected chi connectivity index (χ1v) is 9.45. The summed E-state index contributed by atoms with van der Waals surface area (Å²) in [5, 5.41) is 0. The maximum absolute atomic E-state index is 1.58. The Kier molecular flexibility index (Phi) is 8.04. The van der Waals surface area contributed by atoms with E-state index in [4.69, 9.17) is 0 Å². The van der Waals surface area contributed by atoms with E-state index in [0.717, 1.165) is 11.6 Å². The third kappa shape index (κ3) is 6.86. The summed E-state index contributed by atoms with van der Waals surface area (Å²) in [6.45, 7) is 0. The summed E-state index contributed by atoms with van der Waals surface area (Å²) in [7, 11) is 1.58. The molecule has 0 aromatic rings. The van der Waals surface area contributed by atoms with Gasteiger partial charge in [0, 0.05) is 0 Å². The van der Waals surface area contributed by atoms with Crippen LogP contribution in [0.2, 0.25) is 11.6 Å². The fraction of sp³-hybridized carbons (Fsp3) is 1.00. The van der Waals surface area contributed by atoms with Gasteiger partial charge in [-0.2, -0.15) is 0 Å². The lowest BCUT2D eigenvalue weighted by molar-refractivity contribution is 0.577. The molecule has 1 heteroatoms. The topological polar surface area (TPSA) is 0 Å². The number of hydrogen-bond acceptors (Lipinski definition) is 0. The zero-order valence-electron chi connectivity index (χ0n) is 13.2. The summed E-state index contributed by atoms with van der Waals surface area (Å²) in [5.74, 6) is 2.17. The van der Waals surface area contributed by atoms with Gasteiger partial charge in [-0.15, -0.1) is 0 Å². The minimum Gasteiger partial charge on any atom is -0.0654 e. The fourth-order valence-electron chi connectivity index (χ4n) is 4.38. The summed E-state index contributed by atoms with van der Waals surface area (Å²) in [5.41, 5.74) is 0. The summed E-state index contributed by atoms with van der Waals surface area (Å²) in [6, 6.07) is 0. The largest absolute Gasteiger partial charge is 0.127 e. The predicted octanol–water partition coefficient (Wildman–Crippen LogP) is 6.27. The average molecular weight is 262 g/mol. The number of hydrogen-bond donors (Lipinski definition) is 0. The lowest BCUT2D eigenvalue weighted by Crippen LogP contribution is -2.12. The quantitative estimate of drug-likeness (QED) is 0.514. The van der Waals surface area contributed by atoms with E-state index in [1.165, 1.54) is 77.0 Å². The van der Waals surface area contributed by atoms with Crippen LogP contribution in [0.15, 0.2) is 0 Å². The summed E-state index contributed by atoms with van der Waals surface area (Å²) >= 11 is 0. The zero-order chi connectivity index (χ0) is 13.2. The Morgan fingerprint density at radius 1 is 0.368 bits per heavy atom. The van der Waals surface area contributed by atoms with Gasteiger partial charge in [0.1, 0.15) is 7.28 Å². The van der Waals surface area contributed by atoms with Gasteiger partial charge >= 0.3 is 0 Å². The van der Waals surface area contributed by atoms with Crippen molar-refractivity contribution in [2.24, 2.45) is 0 Å². The summed E-state index contributed by atoms with van der Waals surface area (Å²) < 4.78 is 0. The third-order valence-corrected chi connectivity index (χ3v) is 5.62. The molecule has 0 aliphatic heterocycles. The van der Waals surface area contributed by atoms with E-state index in [2.05, 4.69) is 0 Å². The van der Waals surface area contributed by atoms with Crippen LogP contribution in [0.5, 0.6) is 0 Å². The maximum Gasteiger partial charge on any atom is 0.127 e. The predicted molar refractivity (Wildman–Crippen MR) is 88.5 cm³/mol. The van der Waals surface area contributed by atoms with Crippen molar-refractivity contribution >= 4 is 7.28 Å². The molecule has 2 fully saturated rings. The average Bonchev–Trinajstić information content (AvgIpc) is 2.62. The van der Waals surface area contributed by atoms with Crippen molar-refractivity contribution in [3.8, 4) is 0 Å². The number of rotatable bonds is 2. The van der Waals surface area contributed by atoms with E-state index < -0.39 is 0 Å². The molecule has 2 rings (SSSR count). The van der Waals surface area contributed by atoms with E-state index in [0.29, 0.717) is 0 Å². The Bertz CT molecular complexity index is 172. The molecule has 2 saturated carbocycles. The summed E-state index contributed by atoms with van der Waals surface area (Å²) in [6.07, 6.45) is 24.4. The van der Waals surface area contributed by atoms with Crippen LogP contribution in [0.3, 0.4) is 0 Å². The van der Waals surface area contributed by atoms with Gasteiger partial charge in [0.25, 0.3) is 0 Å². The molecule has 0 bridgehead atoms. The highest BCUT2D eigenvalue weighted by molar-refractivity contribution is 6.39. The molecule has 0 aromatic heterocycles. The molecule has 2 aliphatic rings. The van der Waals surface area contributed by atoms with Crippen molar-refractivity contribution < 1.29 is 0 Å². The van der Waals surface area contributed by atoms with Crippen molar-refractivity contribution in [1.82, 2.24) is 0 Å². The van der Waals surface area contributed by atoms with Gasteiger partial charge in [0.2, 0.25) is 0 Å². The molecular weight excluding hydrogens is 227 g/mol. The molecule has 0 aromatic carbocycles. The molecule has 0 N–H and O–H groups in total. The van der Waals surface area contributed by atoms with Crippen molar-refractivity contribution in [2.45, 2.75) is 114 Å². The monoisotopic (exact) mass is 262 g/mol. The normalized spacial score (nSPS) is 26.3. The molecule has 0 nitrogen and oxygen atoms in total. The smallest absolute Gasteiger partial charge is 0.0654 e. The molecule has 0 amide bonds. The first kappa shape index (κ1) is 15.5. The highest BCUT2D eigenvalue weighted by Gasteiger charge is 2.19. The van der Waals surface area contributed by atoms with Crippen LogP contribution in [-0.2, 0) is 0 Å². The van der Waals surface area contributed by atoms with Gasteiger partial charge in [-0.3, -0.25) is 0 Å². The van der Waals surface area contributed by atoms with Crippen molar-refractivity contribution in [3.63, 3.8) is 0 Å². The molecule has 0 saturated heterocycles. The van der Waals surface area contributed by atoms with Crippen LogP contribution in [0.25, 0.3) is 0 Å². The van der Waals surface area contributed by atoms with Gasteiger partial charge in [0.15, 0.2) is 0 Å². The fourth-order valence-corrected chi connectivity index (χ4v) is 4.38. The SMILES string of the molecule is B(C1CCCCCCCC1)C1CCCCCCCC1. The first-order chi connectivity index (χ1) is 9.45. The van der Waals surface area contributed by atoms with Crippen LogP contribution >= 0.6 is 0 Å². The summed E-state index contributed by atoms with van der Waals surface area (Å²) in [4.78, 5) is 0. The zero-order valence-corrected chi connectivity index (χ0v) is 13.2. The molecule has 0 radical (unpaired) electrons. The minimum atomic E-state index is 1.09. The van der Waals surface area contributed by atoms with Crippen LogP contribution in [0.1, 0.15) is 103 Å². The van der Waals surface area contributed by atoms with Crippen molar-refractivity contribution in [1.29, 1.82) is 0 Å². The van der Waals surface area contributed by atoms with Gasteiger partial charge in [0.05, 0.1) is 0 Å². The van der Waals surface area contributed by atoms with E-state index in [-0.39, 0.29) is 0 Å². The Morgan fingerprint density at radius 3 is 0.947 bits per heavy atom. The van der Waals surface area contributed by atoms with Crippen molar-refractivity contribution in [2.75, 3.05) is 0 Å². The minimum absolute atomic E-state index is 1.09. The highest BCUT2D eigenvalue weighted by atomic mass is 14.1. The lowest BCUT2D eigenvalue weighted by Gasteiger charge is -2.21. The highest BCUT2D eigenvalue weighted by Crippen LogP contribution is 2.33. The molecule has 19 heavy (non-hydrogen) atoms. The van der Waals surface area contributed by atoms with E-state index in [1.807, 2.05) is 0 Å². The van der Waals surface area contributed by atoms with Gasteiger partial charge in [-0.1, -0.05) is 114 Å². The molecule has 0 spiro atoms. The molecule has 0 heterocycles. The lowest BCUT2D eigenvalue weighted by atomic mass is 9.50. The Labute approximate surface area is 122 Å². The van der Waals surface area contributed by atoms with Gasteiger partial charge in [-0.25, -0.2) is 0 Å². The second-order valence-corrected chi connectivity index (χ2v) is 7.37. The Morgan fingerprint density at radius 2 is 0.632 bits per heavy atom.